The van der Waals surface area contributed by atoms with Gasteiger partial charge in [0, 0.05) is 23.6 Å². The molecule has 1 heterocycles. The minimum atomic E-state index is -1.04. The van der Waals surface area contributed by atoms with Crippen molar-refractivity contribution >= 4 is 29.0 Å². The molecule has 3 aromatic rings. The van der Waals surface area contributed by atoms with Crippen LogP contribution in [0.3, 0.4) is 0 Å². The number of benzene rings is 2. The molecule has 0 saturated carbocycles. The largest absolute Gasteiger partial charge is 0.478 e. The predicted molar refractivity (Wildman–Crippen MR) is 94.7 cm³/mol. The topological polar surface area (TPSA) is 66.0 Å². The van der Waals surface area contributed by atoms with Gasteiger partial charge in [0.25, 0.3) is 0 Å². The molecule has 0 bridgehead atoms. The van der Waals surface area contributed by atoms with Crippen LogP contribution >= 0.6 is 0 Å². The number of carbonyl (C=O) groups is 1. The molecule has 1 N–H and O–H groups in total. The minimum absolute atomic E-state index is 0.140. The number of carboxylic acid groups (broad SMARTS) is 1. The second-order valence-electron chi connectivity index (χ2n) is 5.69. The summed E-state index contributed by atoms with van der Waals surface area (Å²) in [6.07, 6.45) is 3.70. The molecule has 2 aromatic carbocycles. The number of nitriles is 1. The number of aromatic nitrogens is 1. The third kappa shape index (κ3) is 2.68. The van der Waals surface area contributed by atoms with E-state index in [4.69, 9.17) is 5.26 Å². The van der Waals surface area contributed by atoms with Crippen LogP contribution in [-0.4, -0.2) is 15.6 Å². The predicted octanol–water partition coefficient (Wildman–Crippen LogP) is 4.23. The Balaban J connectivity index is 2.10. The van der Waals surface area contributed by atoms with Crippen LogP contribution in [0.5, 0.6) is 0 Å². The van der Waals surface area contributed by atoms with Gasteiger partial charge < -0.3 is 9.67 Å². The van der Waals surface area contributed by atoms with Gasteiger partial charge in [-0.05, 0) is 48.4 Å². The molecule has 118 valence electrons. The molecule has 0 fully saturated rings. The lowest BCUT2D eigenvalue weighted by atomic mass is 9.98. The molecule has 0 aliphatic rings. The summed E-state index contributed by atoms with van der Waals surface area (Å²) in [5, 5.41) is 19.6. The number of hydrogen-bond acceptors (Lipinski definition) is 2. The summed E-state index contributed by atoms with van der Waals surface area (Å²) in [5.74, 6) is -1.04. The lowest BCUT2D eigenvalue weighted by Gasteiger charge is -2.07. The lowest BCUT2D eigenvalue weighted by Crippen LogP contribution is -2.02. The minimum Gasteiger partial charge on any atom is -0.478 e. The summed E-state index contributed by atoms with van der Waals surface area (Å²) in [6.45, 7) is 1.81. The number of hydrogen-bond donors (Lipinski definition) is 1. The van der Waals surface area contributed by atoms with Gasteiger partial charge in [0.1, 0.15) is 0 Å². The highest BCUT2D eigenvalue weighted by Crippen LogP contribution is 2.23. The molecular weight excluding hydrogens is 300 g/mol. The zero-order chi connectivity index (χ0) is 17.3. The summed E-state index contributed by atoms with van der Waals surface area (Å²) in [4.78, 5) is 11.5. The molecule has 0 atom stereocenters. The number of rotatable bonds is 3. The Morgan fingerprint density at radius 1 is 1.21 bits per heavy atom. The standard InChI is InChI=1S/C20H16N2O2/c1-13-9-14(12-21)10-18(20(23)24)17(13)8-7-16-11-15-5-3-4-6-19(15)22(16)2/h3-11H,1-2H3,(H,23,24)/b8-7+. The third-order valence-corrected chi connectivity index (χ3v) is 4.16. The zero-order valence-electron chi connectivity index (χ0n) is 13.4. The van der Waals surface area contributed by atoms with E-state index in [9.17, 15) is 9.90 Å². The summed E-state index contributed by atoms with van der Waals surface area (Å²) < 4.78 is 2.06. The smallest absolute Gasteiger partial charge is 0.336 e. The summed E-state index contributed by atoms with van der Waals surface area (Å²) in [7, 11) is 1.98. The van der Waals surface area contributed by atoms with Crippen LogP contribution in [0.4, 0.5) is 0 Å². The molecule has 24 heavy (non-hydrogen) atoms. The first kappa shape index (κ1) is 15.6. The van der Waals surface area contributed by atoms with E-state index < -0.39 is 5.97 Å². The summed E-state index contributed by atoms with van der Waals surface area (Å²) in [6, 6.07) is 15.2. The normalized spacial score (nSPS) is 11.0. The van der Waals surface area contributed by atoms with Crippen molar-refractivity contribution < 1.29 is 9.90 Å². The first-order valence-corrected chi connectivity index (χ1v) is 7.52. The number of carboxylic acids is 1. The van der Waals surface area contributed by atoms with E-state index >= 15 is 0 Å². The monoisotopic (exact) mass is 316 g/mol. The van der Waals surface area contributed by atoms with Gasteiger partial charge in [-0.3, -0.25) is 0 Å². The van der Waals surface area contributed by atoms with Crippen LogP contribution in [0, 0.1) is 18.3 Å². The fourth-order valence-electron chi connectivity index (χ4n) is 2.90. The van der Waals surface area contributed by atoms with Gasteiger partial charge in [-0.1, -0.05) is 24.3 Å². The maximum atomic E-state index is 11.5. The van der Waals surface area contributed by atoms with Crippen molar-refractivity contribution in [2.24, 2.45) is 7.05 Å². The molecule has 0 unspecified atom stereocenters. The fraction of sp³-hybridized carbons (Fsp3) is 0.100. The highest BCUT2D eigenvalue weighted by molar-refractivity contribution is 5.95. The molecule has 0 radical (unpaired) electrons. The molecule has 3 rings (SSSR count). The van der Waals surface area contributed by atoms with Gasteiger partial charge in [-0.2, -0.15) is 5.26 Å². The van der Waals surface area contributed by atoms with Crippen LogP contribution < -0.4 is 0 Å². The Bertz CT molecular complexity index is 1020. The van der Waals surface area contributed by atoms with E-state index in [1.165, 1.54) is 6.07 Å². The summed E-state index contributed by atoms with van der Waals surface area (Å²) in [5.41, 5.74) is 3.98. The highest BCUT2D eigenvalue weighted by Gasteiger charge is 2.12. The first-order chi connectivity index (χ1) is 11.5. The molecule has 0 spiro atoms. The number of nitrogens with zero attached hydrogens (tertiary/aromatic N) is 2. The van der Waals surface area contributed by atoms with Gasteiger partial charge >= 0.3 is 5.97 Å². The average molecular weight is 316 g/mol. The molecule has 0 aliphatic carbocycles. The number of aryl methyl sites for hydroxylation is 2. The van der Waals surface area contributed by atoms with Crippen molar-refractivity contribution in [1.82, 2.24) is 4.57 Å². The van der Waals surface area contributed by atoms with Crippen LogP contribution in [0.1, 0.15) is 32.7 Å². The van der Waals surface area contributed by atoms with E-state index in [0.29, 0.717) is 11.1 Å². The Hall–Kier alpha value is -3.32. The molecule has 4 nitrogen and oxygen atoms in total. The molecule has 1 aromatic heterocycles. The number of fused-ring (bicyclic) bond motifs is 1. The van der Waals surface area contributed by atoms with Gasteiger partial charge in [0.2, 0.25) is 0 Å². The Labute approximate surface area is 139 Å². The molecule has 0 saturated heterocycles. The quantitative estimate of drug-likeness (QED) is 0.786. The van der Waals surface area contributed by atoms with Gasteiger partial charge in [-0.25, -0.2) is 4.79 Å². The van der Waals surface area contributed by atoms with Crippen LogP contribution in [-0.2, 0) is 7.05 Å². The molecular formula is C20H16N2O2. The first-order valence-electron chi connectivity index (χ1n) is 7.52. The van der Waals surface area contributed by atoms with Crippen molar-refractivity contribution in [3.05, 3.63) is 70.4 Å². The second kappa shape index (κ2) is 6.05. The Morgan fingerprint density at radius 2 is 1.96 bits per heavy atom. The van der Waals surface area contributed by atoms with E-state index in [1.807, 2.05) is 50.4 Å². The fourth-order valence-corrected chi connectivity index (χ4v) is 2.90. The van der Waals surface area contributed by atoms with Gasteiger partial charge in [-0.15, -0.1) is 0 Å². The molecule has 4 heteroatoms. The van der Waals surface area contributed by atoms with Crippen LogP contribution in [0.15, 0.2) is 42.5 Å². The van der Waals surface area contributed by atoms with Crippen molar-refractivity contribution in [2.45, 2.75) is 6.92 Å². The van der Waals surface area contributed by atoms with Crippen LogP contribution in [0.25, 0.3) is 23.1 Å². The average Bonchev–Trinajstić information content (AvgIpc) is 2.89. The van der Waals surface area contributed by atoms with Crippen molar-refractivity contribution in [1.29, 1.82) is 5.26 Å². The Morgan fingerprint density at radius 3 is 2.62 bits per heavy atom. The lowest BCUT2D eigenvalue weighted by molar-refractivity contribution is 0.0696. The van der Waals surface area contributed by atoms with E-state index in [-0.39, 0.29) is 5.56 Å². The molecule has 0 aliphatic heterocycles. The second-order valence-corrected chi connectivity index (χ2v) is 5.69. The maximum absolute atomic E-state index is 11.5. The van der Waals surface area contributed by atoms with Crippen molar-refractivity contribution in [2.75, 3.05) is 0 Å². The molecule has 0 amide bonds. The number of para-hydroxylation sites is 1. The van der Waals surface area contributed by atoms with E-state index in [0.717, 1.165) is 22.2 Å². The Kier molecular flexibility index (Phi) is 3.93. The third-order valence-electron chi connectivity index (χ3n) is 4.16. The maximum Gasteiger partial charge on any atom is 0.336 e. The van der Waals surface area contributed by atoms with Crippen molar-refractivity contribution in [3.63, 3.8) is 0 Å². The summed E-state index contributed by atoms with van der Waals surface area (Å²) >= 11 is 0. The SMILES string of the molecule is Cc1cc(C#N)cc(C(=O)O)c1/C=C/c1cc2ccccc2n1C. The van der Waals surface area contributed by atoms with Crippen molar-refractivity contribution in [3.8, 4) is 6.07 Å². The van der Waals surface area contributed by atoms with E-state index in [1.54, 1.807) is 12.1 Å². The zero-order valence-corrected chi connectivity index (χ0v) is 13.4. The van der Waals surface area contributed by atoms with Gasteiger partial charge in [0.15, 0.2) is 0 Å². The van der Waals surface area contributed by atoms with E-state index in [2.05, 4.69) is 10.6 Å². The van der Waals surface area contributed by atoms with Gasteiger partial charge in [0.05, 0.1) is 17.2 Å². The number of aromatic carboxylic acids is 1. The van der Waals surface area contributed by atoms with Crippen LogP contribution in [0.2, 0.25) is 0 Å². The highest BCUT2D eigenvalue weighted by atomic mass is 16.4.